The molecular weight excluding hydrogens is 292 g/mol. The molecule has 1 N–H and O–H groups in total. The van der Waals surface area contributed by atoms with Crippen LogP contribution in [0.4, 0.5) is 0 Å². The van der Waals surface area contributed by atoms with Gasteiger partial charge in [-0.15, -0.1) is 0 Å². The lowest BCUT2D eigenvalue weighted by Crippen LogP contribution is -2.50. The van der Waals surface area contributed by atoms with Crippen molar-refractivity contribution in [2.45, 2.75) is 44.8 Å². The maximum Gasteiger partial charge on any atom is 0.246 e. The van der Waals surface area contributed by atoms with Gasteiger partial charge in [0.2, 0.25) is 5.91 Å². The molecule has 122 valence electrons. The highest BCUT2D eigenvalue weighted by Gasteiger charge is 2.45. The normalized spacial score (nSPS) is 27.9. The van der Waals surface area contributed by atoms with E-state index in [9.17, 15) is 9.90 Å². The van der Waals surface area contributed by atoms with E-state index in [1.807, 2.05) is 29.2 Å². The number of amides is 1. The van der Waals surface area contributed by atoms with Crippen LogP contribution in [0.2, 0.25) is 0 Å². The lowest BCUT2D eigenvalue weighted by Gasteiger charge is -2.42. The Morgan fingerprint density at radius 3 is 2.57 bits per heavy atom. The molecule has 1 aliphatic heterocycles. The number of carbonyl (C=O) groups excluding carboxylic acids is 1. The third-order valence-corrected chi connectivity index (χ3v) is 5.43. The molecule has 1 spiro atoms. The molecular formula is C17H22N4O2. The molecule has 0 unspecified atom stereocenters. The molecule has 0 radical (unpaired) electrons. The molecule has 2 atom stereocenters. The molecule has 6 heteroatoms. The van der Waals surface area contributed by atoms with Gasteiger partial charge in [-0.3, -0.25) is 4.79 Å². The van der Waals surface area contributed by atoms with E-state index in [4.69, 9.17) is 0 Å². The Bertz CT molecular complexity index is 695. The average Bonchev–Trinajstić information content (AvgIpc) is 3.11. The van der Waals surface area contributed by atoms with Crippen molar-refractivity contribution in [2.75, 3.05) is 13.1 Å². The lowest BCUT2D eigenvalue weighted by atomic mass is 9.76. The number of nitrogens with zero attached hydrogens (tertiary/aromatic N) is 4. The number of likely N-dealkylation sites (tertiary alicyclic amines) is 1. The summed E-state index contributed by atoms with van der Waals surface area (Å²) in [5.41, 5.74) is 1.54. The minimum atomic E-state index is -0.261. The SMILES string of the molecule is O=C(Cn1nc2ccccc2n1)N1CCC[C@@]2(CCC[C@H]2O)C1. The Morgan fingerprint density at radius 2 is 1.91 bits per heavy atom. The number of aromatic nitrogens is 3. The fourth-order valence-corrected chi connectivity index (χ4v) is 4.17. The molecule has 23 heavy (non-hydrogen) atoms. The molecule has 1 aromatic heterocycles. The summed E-state index contributed by atoms with van der Waals surface area (Å²) in [6, 6.07) is 7.63. The van der Waals surface area contributed by atoms with Gasteiger partial charge in [0.15, 0.2) is 0 Å². The Balaban J connectivity index is 1.48. The minimum Gasteiger partial charge on any atom is -0.392 e. The second kappa shape index (κ2) is 5.60. The van der Waals surface area contributed by atoms with Crippen LogP contribution in [0.5, 0.6) is 0 Å². The van der Waals surface area contributed by atoms with Gasteiger partial charge < -0.3 is 10.0 Å². The molecule has 1 saturated carbocycles. The van der Waals surface area contributed by atoms with Crippen LogP contribution in [-0.2, 0) is 11.3 Å². The van der Waals surface area contributed by atoms with Gasteiger partial charge in [-0.1, -0.05) is 18.6 Å². The number of benzene rings is 1. The predicted octanol–water partition coefficient (Wildman–Crippen LogP) is 1.58. The van der Waals surface area contributed by atoms with Gasteiger partial charge >= 0.3 is 0 Å². The highest BCUT2D eigenvalue weighted by atomic mass is 16.3. The zero-order valence-corrected chi connectivity index (χ0v) is 13.2. The van der Waals surface area contributed by atoms with Gasteiger partial charge in [0.1, 0.15) is 17.6 Å². The van der Waals surface area contributed by atoms with Gasteiger partial charge in [0.25, 0.3) is 0 Å². The summed E-state index contributed by atoms with van der Waals surface area (Å²) in [6.07, 6.45) is 4.70. The van der Waals surface area contributed by atoms with Crippen molar-refractivity contribution in [3.8, 4) is 0 Å². The summed E-state index contributed by atoms with van der Waals surface area (Å²) in [5, 5.41) is 19.0. The Hall–Kier alpha value is -1.95. The zero-order chi connectivity index (χ0) is 15.9. The number of fused-ring (bicyclic) bond motifs is 1. The van der Waals surface area contributed by atoms with E-state index in [1.165, 1.54) is 4.80 Å². The summed E-state index contributed by atoms with van der Waals surface area (Å²) in [6.45, 7) is 1.61. The third-order valence-electron chi connectivity index (χ3n) is 5.43. The maximum absolute atomic E-state index is 12.6. The van der Waals surface area contributed by atoms with E-state index in [2.05, 4.69) is 10.2 Å². The fourth-order valence-electron chi connectivity index (χ4n) is 4.17. The first kappa shape index (κ1) is 14.6. The van der Waals surface area contributed by atoms with Crippen LogP contribution in [-0.4, -0.2) is 50.1 Å². The Morgan fingerprint density at radius 1 is 1.22 bits per heavy atom. The van der Waals surface area contributed by atoms with Crippen molar-refractivity contribution in [1.82, 2.24) is 19.9 Å². The highest BCUT2D eigenvalue weighted by molar-refractivity contribution is 5.77. The van der Waals surface area contributed by atoms with Crippen LogP contribution in [0.1, 0.15) is 32.1 Å². The third kappa shape index (κ3) is 2.61. The predicted molar refractivity (Wildman–Crippen MR) is 85.6 cm³/mol. The van der Waals surface area contributed by atoms with Gasteiger partial charge in [-0.25, -0.2) is 0 Å². The van der Waals surface area contributed by atoms with Crippen LogP contribution in [0.15, 0.2) is 24.3 Å². The van der Waals surface area contributed by atoms with Gasteiger partial charge in [0.05, 0.1) is 6.10 Å². The minimum absolute atomic E-state index is 0.0449. The molecule has 2 aromatic rings. The lowest BCUT2D eigenvalue weighted by molar-refractivity contribution is -0.137. The van der Waals surface area contributed by atoms with Crippen molar-refractivity contribution >= 4 is 16.9 Å². The Kier molecular flexibility index (Phi) is 3.56. The zero-order valence-electron chi connectivity index (χ0n) is 13.2. The second-order valence-corrected chi connectivity index (χ2v) is 6.91. The molecule has 6 nitrogen and oxygen atoms in total. The van der Waals surface area contributed by atoms with Crippen LogP contribution in [0.3, 0.4) is 0 Å². The number of piperidine rings is 1. The molecule has 1 amide bonds. The van der Waals surface area contributed by atoms with Crippen molar-refractivity contribution in [3.05, 3.63) is 24.3 Å². The van der Waals surface area contributed by atoms with Gasteiger partial charge in [-0.2, -0.15) is 15.0 Å². The standard InChI is InChI=1S/C17H22N4O2/c22-15-7-3-8-17(15)9-4-10-20(12-17)16(23)11-21-18-13-5-1-2-6-14(13)19-21/h1-2,5-6,15,22H,3-4,7-12H2/t15-,17+/m1/s1. The molecule has 1 aromatic carbocycles. The van der Waals surface area contributed by atoms with E-state index in [1.54, 1.807) is 0 Å². The number of carbonyl (C=O) groups is 1. The first-order valence-electron chi connectivity index (χ1n) is 8.42. The second-order valence-electron chi connectivity index (χ2n) is 6.91. The molecule has 1 saturated heterocycles. The van der Waals surface area contributed by atoms with Crippen LogP contribution >= 0.6 is 0 Å². The quantitative estimate of drug-likeness (QED) is 0.913. The largest absolute Gasteiger partial charge is 0.392 e. The van der Waals surface area contributed by atoms with Crippen LogP contribution < -0.4 is 0 Å². The average molecular weight is 314 g/mol. The smallest absolute Gasteiger partial charge is 0.246 e. The molecule has 0 bridgehead atoms. The molecule has 4 rings (SSSR count). The Labute approximate surface area is 135 Å². The van der Waals surface area contributed by atoms with E-state index in [0.29, 0.717) is 6.54 Å². The summed E-state index contributed by atoms with van der Waals surface area (Å²) in [4.78, 5) is 16.0. The first-order valence-corrected chi connectivity index (χ1v) is 8.42. The molecule has 2 heterocycles. The summed E-state index contributed by atoms with van der Waals surface area (Å²) in [5.74, 6) is 0.0449. The van der Waals surface area contributed by atoms with Crippen molar-refractivity contribution in [3.63, 3.8) is 0 Å². The first-order chi connectivity index (χ1) is 11.2. The highest BCUT2D eigenvalue weighted by Crippen LogP contribution is 2.45. The number of hydrogen-bond donors (Lipinski definition) is 1. The van der Waals surface area contributed by atoms with E-state index in [-0.39, 0.29) is 24.0 Å². The van der Waals surface area contributed by atoms with Crippen molar-refractivity contribution in [2.24, 2.45) is 5.41 Å². The summed E-state index contributed by atoms with van der Waals surface area (Å²) >= 11 is 0. The van der Waals surface area contributed by atoms with Crippen LogP contribution in [0, 0.1) is 5.41 Å². The monoisotopic (exact) mass is 314 g/mol. The van der Waals surface area contributed by atoms with Gasteiger partial charge in [0, 0.05) is 18.5 Å². The van der Waals surface area contributed by atoms with Crippen molar-refractivity contribution < 1.29 is 9.90 Å². The molecule has 1 aliphatic carbocycles. The van der Waals surface area contributed by atoms with E-state index < -0.39 is 0 Å². The van der Waals surface area contributed by atoms with Crippen LogP contribution in [0.25, 0.3) is 11.0 Å². The van der Waals surface area contributed by atoms with E-state index in [0.717, 1.165) is 49.7 Å². The topological polar surface area (TPSA) is 71.2 Å². The van der Waals surface area contributed by atoms with Gasteiger partial charge in [-0.05, 0) is 37.8 Å². The molecule has 2 fully saturated rings. The van der Waals surface area contributed by atoms with E-state index >= 15 is 0 Å². The molecule has 2 aliphatic rings. The number of aliphatic hydroxyl groups excluding tert-OH is 1. The summed E-state index contributed by atoms with van der Waals surface area (Å²) < 4.78 is 0. The maximum atomic E-state index is 12.6. The number of aliphatic hydroxyl groups is 1. The summed E-state index contributed by atoms with van der Waals surface area (Å²) in [7, 11) is 0. The fraction of sp³-hybridized carbons (Fsp3) is 0.588. The number of rotatable bonds is 2. The number of hydrogen-bond acceptors (Lipinski definition) is 4. The van der Waals surface area contributed by atoms with Crippen molar-refractivity contribution in [1.29, 1.82) is 0 Å².